The largest absolute Gasteiger partial charge is 0.341 e. The molecule has 0 bridgehead atoms. The Morgan fingerprint density at radius 1 is 1.21 bits per heavy atom. The maximum Gasteiger partial charge on any atom is 0.239 e. The minimum Gasteiger partial charge on any atom is -0.341 e. The fraction of sp³-hybridized carbons (Fsp3) is 0.909. The van der Waals surface area contributed by atoms with E-state index in [0.29, 0.717) is 11.9 Å². The molecule has 80 valence electrons. The minimum absolute atomic E-state index is 0.112. The fourth-order valence-corrected chi connectivity index (χ4v) is 2.61. The van der Waals surface area contributed by atoms with Gasteiger partial charge in [0, 0.05) is 13.1 Å². The Labute approximate surface area is 85.8 Å². The number of hydrogen-bond acceptors (Lipinski definition) is 2. The molecular weight excluding hydrogens is 176 g/mol. The zero-order valence-corrected chi connectivity index (χ0v) is 8.96. The van der Waals surface area contributed by atoms with Crippen molar-refractivity contribution < 1.29 is 4.79 Å². The summed E-state index contributed by atoms with van der Waals surface area (Å²) in [5.41, 5.74) is 0. The molecule has 1 saturated carbocycles. The van der Waals surface area contributed by atoms with Crippen LogP contribution < -0.4 is 5.32 Å². The third kappa shape index (κ3) is 1.92. The van der Waals surface area contributed by atoms with Gasteiger partial charge in [0.1, 0.15) is 0 Å². The summed E-state index contributed by atoms with van der Waals surface area (Å²) in [7, 11) is 1.97. The molecule has 14 heavy (non-hydrogen) atoms. The van der Waals surface area contributed by atoms with Crippen LogP contribution in [-0.4, -0.2) is 36.5 Å². The summed E-state index contributed by atoms with van der Waals surface area (Å²) in [6.07, 6.45) is 7.16. The molecule has 2 aliphatic rings. The van der Waals surface area contributed by atoms with Crippen molar-refractivity contribution in [3.05, 3.63) is 0 Å². The summed E-state index contributed by atoms with van der Waals surface area (Å²) in [4.78, 5) is 14.0. The highest BCUT2D eigenvalue weighted by molar-refractivity contribution is 5.82. The fourth-order valence-electron chi connectivity index (χ4n) is 2.61. The average Bonchev–Trinajstić information content (AvgIpc) is 2.87. The van der Waals surface area contributed by atoms with E-state index in [1.807, 2.05) is 11.9 Å². The van der Waals surface area contributed by atoms with Gasteiger partial charge in [-0.15, -0.1) is 0 Å². The number of rotatable bonds is 2. The Morgan fingerprint density at radius 3 is 2.50 bits per heavy atom. The third-order valence-electron chi connectivity index (χ3n) is 3.58. The van der Waals surface area contributed by atoms with Crippen LogP contribution in [0.3, 0.4) is 0 Å². The first-order valence-corrected chi connectivity index (χ1v) is 5.79. The molecule has 3 nitrogen and oxygen atoms in total. The molecule has 1 unspecified atom stereocenters. The van der Waals surface area contributed by atoms with Crippen molar-refractivity contribution >= 4 is 5.91 Å². The second-order valence-corrected chi connectivity index (χ2v) is 4.54. The molecule has 1 saturated heterocycles. The first-order chi connectivity index (χ1) is 6.79. The molecule has 0 radical (unpaired) electrons. The van der Waals surface area contributed by atoms with E-state index < -0.39 is 0 Å². The van der Waals surface area contributed by atoms with Crippen LogP contribution in [0, 0.1) is 0 Å². The van der Waals surface area contributed by atoms with E-state index >= 15 is 0 Å². The van der Waals surface area contributed by atoms with Gasteiger partial charge in [-0.05, 0) is 32.2 Å². The zero-order chi connectivity index (χ0) is 9.97. The standard InChI is InChI=1S/C11H20N2O/c1-13(9-5-2-3-6-9)11(14)10-7-4-8-12-10/h9-10,12H,2-8H2,1H3. The molecule has 2 fully saturated rings. The summed E-state index contributed by atoms with van der Waals surface area (Å²) in [5.74, 6) is 0.314. The van der Waals surface area contributed by atoms with Crippen molar-refractivity contribution in [1.29, 1.82) is 0 Å². The number of nitrogens with zero attached hydrogens (tertiary/aromatic N) is 1. The zero-order valence-electron chi connectivity index (χ0n) is 8.96. The number of amides is 1. The number of carbonyl (C=O) groups is 1. The molecule has 1 atom stereocenters. The van der Waals surface area contributed by atoms with E-state index in [2.05, 4.69) is 5.32 Å². The van der Waals surface area contributed by atoms with Crippen LogP contribution in [0.15, 0.2) is 0 Å². The van der Waals surface area contributed by atoms with Crippen molar-refractivity contribution in [1.82, 2.24) is 10.2 Å². The Balaban J connectivity index is 1.89. The topological polar surface area (TPSA) is 32.3 Å². The lowest BCUT2D eigenvalue weighted by Crippen LogP contribution is -2.45. The predicted molar refractivity (Wildman–Crippen MR) is 56.1 cm³/mol. The summed E-state index contributed by atoms with van der Waals surface area (Å²) in [6, 6.07) is 0.630. The van der Waals surface area contributed by atoms with E-state index in [1.54, 1.807) is 0 Å². The molecule has 1 aliphatic carbocycles. The minimum atomic E-state index is 0.112. The van der Waals surface area contributed by atoms with Crippen LogP contribution in [0.5, 0.6) is 0 Å². The molecule has 1 aliphatic heterocycles. The number of likely N-dealkylation sites (N-methyl/N-ethyl adjacent to an activating group) is 1. The van der Waals surface area contributed by atoms with Gasteiger partial charge in [0.15, 0.2) is 0 Å². The normalized spacial score (nSPS) is 28.2. The second kappa shape index (κ2) is 4.30. The van der Waals surface area contributed by atoms with Gasteiger partial charge in [0.2, 0.25) is 5.91 Å². The van der Waals surface area contributed by atoms with Crippen LogP contribution in [0.2, 0.25) is 0 Å². The molecule has 1 heterocycles. The summed E-state index contributed by atoms with van der Waals surface area (Å²) in [6.45, 7) is 1.01. The van der Waals surface area contributed by atoms with E-state index in [-0.39, 0.29) is 6.04 Å². The average molecular weight is 196 g/mol. The van der Waals surface area contributed by atoms with Gasteiger partial charge in [-0.25, -0.2) is 0 Å². The van der Waals surface area contributed by atoms with Gasteiger partial charge in [0.05, 0.1) is 6.04 Å². The van der Waals surface area contributed by atoms with Crippen LogP contribution >= 0.6 is 0 Å². The summed E-state index contributed by atoms with van der Waals surface area (Å²) in [5, 5.41) is 3.27. The van der Waals surface area contributed by atoms with E-state index in [4.69, 9.17) is 0 Å². The van der Waals surface area contributed by atoms with E-state index in [0.717, 1.165) is 19.4 Å². The van der Waals surface area contributed by atoms with Crippen molar-refractivity contribution in [2.24, 2.45) is 0 Å². The lowest BCUT2D eigenvalue weighted by molar-refractivity contribution is -0.133. The van der Waals surface area contributed by atoms with Gasteiger partial charge in [0.25, 0.3) is 0 Å². The molecule has 0 aromatic rings. The van der Waals surface area contributed by atoms with Crippen molar-refractivity contribution in [3.63, 3.8) is 0 Å². The van der Waals surface area contributed by atoms with E-state index in [1.165, 1.54) is 25.7 Å². The van der Waals surface area contributed by atoms with Gasteiger partial charge in [-0.2, -0.15) is 0 Å². The molecule has 2 rings (SSSR count). The second-order valence-electron chi connectivity index (χ2n) is 4.54. The number of hydrogen-bond donors (Lipinski definition) is 1. The monoisotopic (exact) mass is 196 g/mol. The molecule has 1 N–H and O–H groups in total. The first-order valence-electron chi connectivity index (χ1n) is 5.79. The lowest BCUT2D eigenvalue weighted by Gasteiger charge is -2.27. The predicted octanol–water partition coefficient (Wildman–Crippen LogP) is 1.14. The maximum absolute atomic E-state index is 12.0. The molecule has 0 aromatic carbocycles. The quantitative estimate of drug-likeness (QED) is 0.718. The first kappa shape index (κ1) is 9.97. The highest BCUT2D eigenvalue weighted by Crippen LogP contribution is 2.23. The van der Waals surface area contributed by atoms with Crippen LogP contribution in [0.1, 0.15) is 38.5 Å². The summed E-state index contributed by atoms with van der Waals surface area (Å²) < 4.78 is 0. The van der Waals surface area contributed by atoms with Crippen molar-refractivity contribution in [3.8, 4) is 0 Å². The SMILES string of the molecule is CN(C(=O)C1CCCN1)C1CCCC1. The molecule has 1 amide bonds. The molecule has 0 aromatic heterocycles. The Morgan fingerprint density at radius 2 is 1.93 bits per heavy atom. The van der Waals surface area contributed by atoms with Crippen LogP contribution in [0.4, 0.5) is 0 Å². The lowest BCUT2D eigenvalue weighted by atomic mass is 10.1. The Bertz CT molecular complexity index is 205. The molecule has 3 heteroatoms. The smallest absolute Gasteiger partial charge is 0.239 e. The van der Waals surface area contributed by atoms with Crippen LogP contribution in [-0.2, 0) is 4.79 Å². The van der Waals surface area contributed by atoms with Crippen molar-refractivity contribution in [2.45, 2.75) is 50.6 Å². The summed E-state index contributed by atoms with van der Waals surface area (Å²) >= 11 is 0. The van der Waals surface area contributed by atoms with Gasteiger partial charge >= 0.3 is 0 Å². The Hall–Kier alpha value is -0.570. The maximum atomic E-state index is 12.0. The van der Waals surface area contributed by atoms with Crippen molar-refractivity contribution in [2.75, 3.05) is 13.6 Å². The van der Waals surface area contributed by atoms with Crippen LogP contribution in [0.25, 0.3) is 0 Å². The highest BCUT2D eigenvalue weighted by atomic mass is 16.2. The number of nitrogens with one attached hydrogen (secondary N) is 1. The van der Waals surface area contributed by atoms with Gasteiger partial charge in [-0.3, -0.25) is 4.79 Å². The highest BCUT2D eigenvalue weighted by Gasteiger charge is 2.29. The molecular formula is C11H20N2O. The number of carbonyl (C=O) groups excluding carboxylic acids is 1. The van der Waals surface area contributed by atoms with Gasteiger partial charge in [-0.1, -0.05) is 12.8 Å². The third-order valence-corrected chi connectivity index (χ3v) is 3.58. The Kier molecular flexibility index (Phi) is 3.06. The van der Waals surface area contributed by atoms with Gasteiger partial charge < -0.3 is 10.2 Å². The molecule has 0 spiro atoms. The van der Waals surface area contributed by atoms with E-state index in [9.17, 15) is 4.79 Å².